The van der Waals surface area contributed by atoms with Crippen LogP contribution in [0.3, 0.4) is 0 Å². The van der Waals surface area contributed by atoms with Crippen molar-refractivity contribution in [3.8, 4) is 0 Å². The van der Waals surface area contributed by atoms with E-state index < -0.39 is 0 Å². The molecule has 0 aromatic carbocycles. The molecule has 2 aliphatic carbocycles. The van der Waals surface area contributed by atoms with Crippen LogP contribution in [0.25, 0.3) is 0 Å². The van der Waals surface area contributed by atoms with Crippen molar-refractivity contribution in [1.82, 2.24) is 0 Å². The van der Waals surface area contributed by atoms with Crippen molar-refractivity contribution in [1.29, 1.82) is 0 Å². The van der Waals surface area contributed by atoms with Crippen LogP contribution in [0.5, 0.6) is 0 Å². The number of hydrogen-bond acceptors (Lipinski definition) is 0. The first-order valence-electron chi connectivity index (χ1n) is 3.93. The summed E-state index contributed by atoms with van der Waals surface area (Å²) in [5.74, 6) is 0. The van der Waals surface area contributed by atoms with Crippen molar-refractivity contribution in [2.75, 3.05) is 0 Å². The Morgan fingerprint density at radius 3 is 0.783 bits per heavy atom. The molecular weight excluding hydrogens is 618 g/mol. The van der Waals surface area contributed by atoms with Crippen molar-refractivity contribution in [3.63, 3.8) is 0 Å². The van der Waals surface area contributed by atoms with E-state index >= 15 is 0 Å². The Labute approximate surface area is 240 Å². The quantitative estimate of drug-likeness (QED) is 0.252. The predicted molar refractivity (Wildman–Crippen MR) is 116 cm³/mol. The topological polar surface area (TPSA) is 0 Å². The van der Waals surface area contributed by atoms with Crippen LogP contribution in [0.2, 0.25) is 0 Å². The molecule has 2 aliphatic rings. The van der Waals surface area contributed by atoms with E-state index in [9.17, 15) is 0 Å². The molecule has 0 saturated carbocycles. The Bertz CT molecular complexity index is 254. The van der Waals surface area contributed by atoms with Gasteiger partial charge in [-0.25, -0.2) is 0 Å². The zero-order chi connectivity index (χ0) is 8.81. The van der Waals surface area contributed by atoms with Gasteiger partial charge in [0.2, 0.25) is 0 Å². The van der Waals surface area contributed by atoms with E-state index in [4.69, 9.17) is 0 Å². The van der Waals surface area contributed by atoms with Gasteiger partial charge in [0.05, 0.1) is 0 Å². The van der Waals surface area contributed by atoms with Gasteiger partial charge in [-0.15, -0.1) is 124 Å². The Morgan fingerprint density at radius 2 is 0.739 bits per heavy atom. The van der Waals surface area contributed by atoms with Gasteiger partial charge in [0.15, 0.2) is 0 Å². The van der Waals surface area contributed by atoms with Crippen molar-refractivity contribution >= 4 is 124 Å². The fraction of sp³-hybridized carbons (Fsp3) is 0.200. The molecule has 0 saturated heterocycles. The molecule has 0 fully saturated rings. The first-order valence-corrected chi connectivity index (χ1v) is 5.50. The van der Waals surface area contributed by atoms with Crippen molar-refractivity contribution < 1.29 is 62.6 Å². The van der Waals surface area contributed by atoms with Crippen LogP contribution in [-0.4, -0.2) is 0 Å². The van der Waals surface area contributed by atoms with Gasteiger partial charge in [0, 0.05) is 21.7 Å². The minimum absolute atomic E-state index is 0. The first kappa shape index (κ1) is 71.3. The number of hydrogen-bond donors (Lipinski definition) is 0. The molecule has 0 aliphatic heterocycles. The van der Waals surface area contributed by atoms with Crippen molar-refractivity contribution in [2.24, 2.45) is 0 Å². The Balaban J connectivity index is -0.00000000941. The van der Waals surface area contributed by atoms with Crippen LogP contribution in [0.15, 0.2) is 44.2 Å². The molecule has 142 valence electrons. The molecule has 0 unspecified atom stereocenters. The van der Waals surface area contributed by atoms with Crippen LogP contribution in [0.4, 0.5) is 0 Å². The molecule has 0 nitrogen and oxygen atoms in total. The standard InChI is InChI=1S/2C5H5.10ClH.3Ti/c2*1-2-4-5-3-1;;;;;;;;;;;;;/h2*1-3H,4H2;10*1H;;;. The number of halogens is 10. The third-order valence-corrected chi connectivity index (χ3v) is 2.70. The fourth-order valence-electron chi connectivity index (χ4n) is 0.894. The van der Waals surface area contributed by atoms with Gasteiger partial charge in [-0.05, 0) is 0 Å². The van der Waals surface area contributed by atoms with E-state index in [0.29, 0.717) is 0 Å². The molecular formula is C10H20Cl10Ti3. The molecule has 0 bridgehead atoms. The summed E-state index contributed by atoms with van der Waals surface area (Å²) in [6.07, 6.45) is 15.1. The van der Waals surface area contributed by atoms with Gasteiger partial charge in [-0.1, -0.05) is 0 Å². The summed E-state index contributed by atoms with van der Waals surface area (Å²) in [4.78, 5) is 0. The van der Waals surface area contributed by atoms with Crippen LogP contribution in [0, 0.1) is 0 Å². The van der Waals surface area contributed by atoms with Crippen molar-refractivity contribution in [3.05, 3.63) is 44.2 Å². The maximum absolute atomic E-state index is 2.16. The van der Waals surface area contributed by atoms with Gasteiger partial charge < -0.3 is 0 Å². The molecule has 0 radical (unpaired) electrons. The molecule has 2 rings (SSSR count). The number of rotatable bonds is 0. The molecule has 0 heterocycles. The summed E-state index contributed by atoms with van der Waals surface area (Å²) < 4.78 is 2.94. The minimum atomic E-state index is 0. The third-order valence-electron chi connectivity index (χ3n) is 1.54. The summed E-state index contributed by atoms with van der Waals surface area (Å²) in [6.45, 7) is 0. The summed E-state index contributed by atoms with van der Waals surface area (Å²) >= 11 is 4.28. The second-order valence-corrected chi connectivity index (χ2v) is 4.65. The van der Waals surface area contributed by atoms with Crippen LogP contribution in [0.1, 0.15) is 12.8 Å². The first-order chi connectivity index (χ1) is 5.79. The Hall–Kier alpha value is 4.00. The second-order valence-electron chi connectivity index (χ2n) is 2.65. The summed E-state index contributed by atoms with van der Waals surface area (Å²) in [5.41, 5.74) is 0. The van der Waals surface area contributed by atoms with Gasteiger partial charge >= 0.3 is 97.9 Å². The second kappa shape index (κ2) is 50.2. The predicted octanol–water partition coefficient (Wildman–Crippen LogP) is 6.97. The molecule has 23 heavy (non-hydrogen) atoms. The van der Waals surface area contributed by atoms with Gasteiger partial charge in [0.25, 0.3) is 0 Å². The van der Waals surface area contributed by atoms with E-state index in [1.807, 2.05) is 0 Å². The summed E-state index contributed by atoms with van der Waals surface area (Å²) in [6, 6.07) is 0. The molecule has 0 aromatic heterocycles. The Kier molecular flexibility index (Phi) is 155. The van der Waals surface area contributed by atoms with Gasteiger partial charge in [-0.2, -0.15) is 0 Å². The van der Waals surface area contributed by atoms with Crippen LogP contribution in [-0.2, 0) is 62.6 Å². The summed E-state index contributed by atoms with van der Waals surface area (Å²) in [5, 5.41) is 0. The van der Waals surface area contributed by atoms with Crippen LogP contribution >= 0.6 is 124 Å². The molecule has 0 amide bonds. The van der Waals surface area contributed by atoms with Gasteiger partial charge in [-0.3, -0.25) is 0 Å². The van der Waals surface area contributed by atoms with E-state index in [1.165, 1.54) is 20.6 Å². The normalized spacial score (nSPS) is 9.48. The molecule has 0 atom stereocenters. The average molecular weight is 638 g/mol. The zero-order valence-corrected chi connectivity index (χ0v) is 24.3. The third kappa shape index (κ3) is 46.2. The summed E-state index contributed by atoms with van der Waals surface area (Å²) in [7, 11) is 0. The zero-order valence-electron chi connectivity index (χ0n) is 11.5. The SMILES string of the molecule is Cl.Cl.Cl.Cl.Cl.Cl.Cl.Cl.Cl.Cl.[Ti].[Ti][C]1=CC=CC1.[Ti][C]1=CC=CC1. The monoisotopic (exact) mass is 634 g/mol. The average Bonchev–Trinajstić information content (AvgIpc) is 2.63. The Morgan fingerprint density at radius 1 is 0.522 bits per heavy atom. The molecule has 0 spiro atoms. The molecule has 13 heteroatoms. The van der Waals surface area contributed by atoms with Gasteiger partial charge in [0.1, 0.15) is 0 Å². The van der Waals surface area contributed by atoms with Crippen molar-refractivity contribution in [2.45, 2.75) is 12.8 Å². The number of allylic oxidation sites excluding steroid dienone is 8. The maximum atomic E-state index is 2.16. The van der Waals surface area contributed by atoms with Crippen LogP contribution < -0.4 is 0 Å². The molecule has 0 aromatic rings. The van der Waals surface area contributed by atoms with E-state index in [1.54, 1.807) is 0 Å². The van der Waals surface area contributed by atoms with E-state index in [2.05, 4.69) is 77.3 Å². The fourth-order valence-corrected chi connectivity index (χ4v) is 1.56. The van der Waals surface area contributed by atoms with E-state index in [0.717, 1.165) is 0 Å². The van der Waals surface area contributed by atoms with E-state index in [-0.39, 0.29) is 146 Å². The molecule has 0 N–H and O–H groups in total.